The topological polar surface area (TPSA) is 86.3 Å². The van der Waals surface area contributed by atoms with Gasteiger partial charge >= 0.3 is 0 Å². The Kier molecular flexibility index (Phi) is 6.97. The van der Waals surface area contributed by atoms with E-state index in [9.17, 15) is 9.59 Å². The third-order valence-electron chi connectivity index (χ3n) is 4.83. The van der Waals surface area contributed by atoms with Gasteiger partial charge in [0.1, 0.15) is 6.04 Å². The second-order valence-electron chi connectivity index (χ2n) is 6.78. The number of amides is 2. The number of nitrogens with zero attached hydrogens (tertiary/aromatic N) is 4. The highest BCUT2D eigenvalue weighted by Gasteiger charge is 2.27. The van der Waals surface area contributed by atoms with Gasteiger partial charge in [-0.2, -0.15) is 5.10 Å². The van der Waals surface area contributed by atoms with Crippen molar-refractivity contribution in [3.05, 3.63) is 22.3 Å². The van der Waals surface area contributed by atoms with E-state index in [1.54, 1.807) is 15.9 Å². The largest absolute Gasteiger partial charge is 0.355 e. The minimum Gasteiger partial charge on any atom is -0.355 e. The van der Waals surface area contributed by atoms with E-state index in [1.807, 2.05) is 36.3 Å². The molecule has 1 unspecified atom stereocenters. The molecule has 0 spiro atoms. The molecule has 0 radical (unpaired) electrons. The van der Waals surface area contributed by atoms with Crippen LogP contribution in [-0.4, -0.2) is 75.6 Å². The lowest BCUT2D eigenvalue weighted by molar-refractivity contribution is -0.134. The van der Waals surface area contributed by atoms with Crippen LogP contribution >= 0.6 is 23.6 Å². The van der Waals surface area contributed by atoms with Crippen LogP contribution in [0.25, 0.3) is 10.7 Å². The molecule has 3 heterocycles. The van der Waals surface area contributed by atoms with Gasteiger partial charge in [0, 0.05) is 32.7 Å². The second kappa shape index (κ2) is 9.44. The van der Waals surface area contributed by atoms with Gasteiger partial charge in [-0.25, -0.2) is 0 Å². The van der Waals surface area contributed by atoms with E-state index >= 15 is 0 Å². The van der Waals surface area contributed by atoms with Gasteiger partial charge < -0.3 is 10.2 Å². The van der Waals surface area contributed by atoms with E-state index in [0.717, 1.165) is 17.8 Å². The van der Waals surface area contributed by atoms with Crippen molar-refractivity contribution in [2.45, 2.75) is 26.3 Å². The Morgan fingerprint density at radius 2 is 2.18 bits per heavy atom. The minimum absolute atomic E-state index is 0.0233. The molecule has 0 aromatic carbocycles. The SMILES string of the molecule is CCNC(=O)CN1CCCN(C(=O)C(C)n2c(-c3cccs3)n[nH]c2=S)CC1. The van der Waals surface area contributed by atoms with Gasteiger partial charge in [0.15, 0.2) is 10.6 Å². The van der Waals surface area contributed by atoms with E-state index in [-0.39, 0.29) is 11.8 Å². The van der Waals surface area contributed by atoms with Gasteiger partial charge in [0.05, 0.1) is 11.4 Å². The van der Waals surface area contributed by atoms with E-state index in [1.165, 1.54) is 0 Å². The molecule has 1 aliphatic rings. The Morgan fingerprint density at radius 3 is 2.89 bits per heavy atom. The van der Waals surface area contributed by atoms with Crippen molar-refractivity contribution in [2.24, 2.45) is 0 Å². The monoisotopic (exact) mass is 422 g/mol. The molecule has 2 amide bonds. The fraction of sp³-hybridized carbons (Fsp3) is 0.556. The van der Waals surface area contributed by atoms with Crippen LogP contribution in [0.1, 0.15) is 26.3 Å². The average Bonchev–Trinajstić information content (AvgIpc) is 3.26. The molecule has 0 bridgehead atoms. The molecule has 152 valence electrons. The molecular formula is C18H26N6O2S2. The Hall–Kier alpha value is -2.04. The number of H-pyrrole nitrogens is 1. The van der Waals surface area contributed by atoms with Gasteiger partial charge in [-0.3, -0.25) is 24.2 Å². The number of carbonyl (C=O) groups is 2. The van der Waals surface area contributed by atoms with Crippen molar-refractivity contribution in [1.82, 2.24) is 29.9 Å². The van der Waals surface area contributed by atoms with Gasteiger partial charge in [-0.05, 0) is 43.9 Å². The molecule has 0 aliphatic carbocycles. The van der Waals surface area contributed by atoms with Crippen molar-refractivity contribution < 1.29 is 9.59 Å². The van der Waals surface area contributed by atoms with Gasteiger partial charge in [0.25, 0.3) is 0 Å². The normalized spacial score (nSPS) is 16.6. The third-order valence-corrected chi connectivity index (χ3v) is 5.99. The quantitative estimate of drug-likeness (QED) is 0.695. The highest BCUT2D eigenvalue weighted by Crippen LogP contribution is 2.26. The number of hydrogen-bond acceptors (Lipinski definition) is 6. The smallest absolute Gasteiger partial charge is 0.245 e. The second-order valence-corrected chi connectivity index (χ2v) is 8.12. The molecule has 2 N–H and O–H groups in total. The van der Waals surface area contributed by atoms with Crippen LogP contribution in [0.2, 0.25) is 0 Å². The Bertz CT molecular complexity index is 860. The van der Waals surface area contributed by atoms with Crippen molar-refractivity contribution in [3.8, 4) is 10.7 Å². The summed E-state index contributed by atoms with van der Waals surface area (Å²) in [6.07, 6.45) is 0.840. The fourth-order valence-corrected chi connectivity index (χ4v) is 4.42. The highest BCUT2D eigenvalue weighted by molar-refractivity contribution is 7.71. The summed E-state index contributed by atoms with van der Waals surface area (Å²) in [7, 11) is 0. The van der Waals surface area contributed by atoms with Crippen molar-refractivity contribution >= 4 is 35.4 Å². The molecular weight excluding hydrogens is 396 g/mol. The summed E-state index contributed by atoms with van der Waals surface area (Å²) in [6.45, 7) is 7.55. The summed E-state index contributed by atoms with van der Waals surface area (Å²) in [4.78, 5) is 29.9. The first kappa shape index (κ1) is 20.7. The summed E-state index contributed by atoms with van der Waals surface area (Å²) >= 11 is 6.95. The van der Waals surface area contributed by atoms with Crippen molar-refractivity contribution in [3.63, 3.8) is 0 Å². The lowest BCUT2D eigenvalue weighted by Crippen LogP contribution is -2.41. The van der Waals surface area contributed by atoms with Crippen LogP contribution in [0.5, 0.6) is 0 Å². The van der Waals surface area contributed by atoms with Crippen LogP contribution in [0.15, 0.2) is 17.5 Å². The lowest BCUT2D eigenvalue weighted by atomic mass is 10.2. The van der Waals surface area contributed by atoms with Crippen LogP contribution < -0.4 is 5.32 Å². The fourth-order valence-electron chi connectivity index (χ4n) is 3.42. The maximum atomic E-state index is 13.2. The van der Waals surface area contributed by atoms with Gasteiger partial charge in [-0.15, -0.1) is 11.3 Å². The van der Waals surface area contributed by atoms with Crippen molar-refractivity contribution in [2.75, 3.05) is 39.3 Å². The summed E-state index contributed by atoms with van der Waals surface area (Å²) in [5.41, 5.74) is 0. The van der Waals surface area contributed by atoms with Crippen LogP contribution in [0.3, 0.4) is 0 Å². The minimum atomic E-state index is -0.446. The van der Waals surface area contributed by atoms with E-state index in [0.29, 0.717) is 43.3 Å². The van der Waals surface area contributed by atoms with E-state index < -0.39 is 6.04 Å². The first-order valence-electron chi connectivity index (χ1n) is 9.50. The zero-order chi connectivity index (χ0) is 20.1. The molecule has 1 atom stereocenters. The number of aromatic nitrogens is 3. The first-order chi connectivity index (χ1) is 13.5. The number of thiophene rings is 1. The number of aromatic amines is 1. The number of rotatable bonds is 6. The maximum Gasteiger partial charge on any atom is 0.245 e. The Balaban J connectivity index is 1.69. The van der Waals surface area contributed by atoms with E-state index in [4.69, 9.17) is 12.2 Å². The standard InChI is InChI=1S/C18H26N6O2S2/c1-3-19-15(25)12-22-7-5-8-23(10-9-22)17(26)13(2)24-16(20-21-18(24)27)14-6-4-11-28-14/h4,6,11,13H,3,5,7-10,12H2,1-2H3,(H,19,25)(H,21,27). The number of carbonyl (C=O) groups excluding carboxylic acids is 2. The average molecular weight is 423 g/mol. The van der Waals surface area contributed by atoms with Crippen LogP contribution in [0, 0.1) is 4.77 Å². The predicted molar refractivity (Wildman–Crippen MR) is 112 cm³/mol. The number of likely N-dealkylation sites (N-methyl/N-ethyl adjacent to an activating group) is 1. The molecule has 10 heteroatoms. The molecule has 1 saturated heterocycles. The number of hydrogen-bond donors (Lipinski definition) is 2. The van der Waals surface area contributed by atoms with Crippen LogP contribution in [-0.2, 0) is 9.59 Å². The molecule has 1 aliphatic heterocycles. The molecule has 28 heavy (non-hydrogen) atoms. The third kappa shape index (κ3) is 4.68. The zero-order valence-corrected chi connectivity index (χ0v) is 17.8. The maximum absolute atomic E-state index is 13.2. The number of nitrogens with one attached hydrogen (secondary N) is 2. The highest BCUT2D eigenvalue weighted by atomic mass is 32.1. The summed E-state index contributed by atoms with van der Waals surface area (Å²) in [5, 5.41) is 11.9. The summed E-state index contributed by atoms with van der Waals surface area (Å²) in [5.74, 6) is 0.740. The molecule has 1 fully saturated rings. The Labute approximate surface area is 173 Å². The van der Waals surface area contributed by atoms with Crippen molar-refractivity contribution in [1.29, 1.82) is 0 Å². The molecule has 2 aromatic rings. The Morgan fingerprint density at radius 1 is 1.36 bits per heavy atom. The van der Waals surface area contributed by atoms with Crippen LogP contribution in [0.4, 0.5) is 0 Å². The molecule has 2 aromatic heterocycles. The summed E-state index contributed by atoms with van der Waals surface area (Å²) < 4.78 is 2.23. The van der Waals surface area contributed by atoms with Gasteiger partial charge in [-0.1, -0.05) is 6.07 Å². The predicted octanol–water partition coefficient (Wildman–Crippen LogP) is 1.90. The molecule has 8 nitrogen and oxygen atoms in total. The molecule has 0 saturated carbocycles. The zero-order valence-electron chi connectivity index (χ0n) is 16.2. The molecule has 3 rings (SSSR count). The van der Waals surface area contributed by atoms with Gasteiger partial charge in [0.2, 0.25) is 11.8 Å². The first-order valence-corrected chi connectivity index (χ1v) is 10.8. The lowest BCUT2D eigenvalue weighted by Gasteiger charge is -2.25. The van der Waals surface area contributed by atoms with E-state index in [2.05, 4.69) is 20.4 Å². The summed E-state index contributed by atoms with van der Waals surface area (Å²) in [6, 6.07) is 3.47.